The van der Waals surface area contributed by atoms with Gasteiger partial charge in [-0.15, -0.1) is 0 Å². The second kappa shape index (κ2) is 39.6. The number of alkyl halides is 8. The Morgan fingerprint density at radius 3 is 1.29 bits per heavy atom. The molecule has 15 rings (SSSR count). The fraction of sp³-hybridized carbons (Fsp3) is 0.387. The first-order valence-corrected chi connectivity index (χ1v) is 41.5. The van der Waals surface area contributed by atoms with E-state index in [1.807, 2.05) is 56.4 Å². The van der Waals surface area contributed by atoms with Crippen LogP contribution in [0.15, 0.2) is 193 Å². The molecule has 0 spiro atoms. The van der Waals surface area contributed by atoms with Gasteiger partial charge in [-0.25, -0.2) is 26.3 Å². The minimum Gasteiger partial charge on any atom is -0.379 e. The van der Waals surface area contributed by atoms with Gasteiger partial charge in [-0.2, -0.15) is 26.3 Å². The average molecular weight is 1730 g/mol. The topological polar surface area (TPSA) is 168 Å². The van der Waals surface area contributed by atoms with E-state index < -0.39 is 64.0 Å². The van der Waals surface area contributed by atoms with E-state index in [4.69, 9.17) is 9.47 Å². The molecule has 0 radical (unpaired) electrons. The van der Waals surface area contributed by atoms with Gasteiger partial charge < -0.3 is 70.8 Å². The largest absolute Gasteiger partial charge is 0.417 e. The van der Waals surface area contributed by atoms with E-state index in [9.17, 15) is 53.9 Å². The number of hydrogen-bond donors (Lipinski definition) is 6. The highest BCUT2D eigenvalue weighted by atomic mass is 19.4. The Morgan fingerprint density at radius 1 is 0.500 bits per heavy atom. The molecule has 124 heavy (non-hydrogen) atoms. The molecular weight excluding hydrogens is 1620 g/mol. The van der Waals surface area contributed by atoms with E-state index in [1.54, 1.807) is 86.6 Å². The fourth-order valence-electron chi connectivity index (χ4n) is 16.1. The first-order chi connectivity index (χ1) is 59.1. The van der Waals surface area contributed by atoms with Gasteiger partial charge in [0.1, 0.15) is 23.3 Å². The molecule has 3 amide bonds. The predicted octanol–water partition coefficient (Wildman–Crippen LogP) is 15.9. The zero-order valence-corrected chi connectivity index (χ0v) is 70.3. The van der Waals surface area contributed by atoms with Crippen LogP contribution in [0.5, 0.6) is 0 Å². The number of carbonyl (C=O) groups excluding carboxylic acids is 3. The van der Waals surface area contributed by atoms with Crippen LogP contribution in [0, 0.1) is 37.1 Å². The Balaban J connectivity index is 0.000000160. The Hall–Kier alpha value is -10.8. The van der Waals surface area contributed by atoms with Gasteiger partial charge in [0.25, 0.3) is 17.7 Å². The normalized spacial score (nSPS) is 18.4. The summed E-state index contributed by atoms with van der Waals surface area (Å²) in [6, 6.07) is 34.1. The monoisotopic (exact) mass is 1720 g/mol. The number of halogens is 12. The van der Waals surface area contributed by atoms with Crippen molar-refractivity contribution < 1.29 is 76.5 Å². The van der Waals surface area contributed by atoms with E-state index in [1.165, 1.54) is 18.2 Å². The van der Waals surface area contributed by atoms with Crippen molar-refractivity contribution >= 4 is 51.8 Å². The van der Waals surface area contributed by atoms with Crippen molar-refractivity contribution in [3.05, 3.63) is 249 Å². The minimum atomic E-state index is -4.79. The molecule has 7 aliphatic heterocycles. The Morgan fingerprint density at radius 2 is 0.887 bits per heavy atom. The smallest absolute Gasteiger partial charge is 0.379 e. The van der Waals surface area contributed by atoms with Gasteiger partial charge >= 0.3 is 12.4 Å². The number of hydrogen-bond acceptors (Lipinski definition) is 16. The zero-order chi connectivity index (χ0) is 88.5. The van der Waals surface area contributed by atoms with Crippen LogP contribution >= 0.6 is 0 Å². The lowest BCUT2D eigenvalue weighted by Crippen LogP contribution is -2.46. The van der Waals surface area contributed by atoms with Crippen LogP contribution < -0.4 is 46.6 Å². The molecule has 6 N–H and O–H groups in total. The molecule has 1 aliphatic carbocycles. The minimum absolute atomic E-state index is 0.000250. The van der Waals surface area contributed by atoms with Gasteiger partial charge in [0.15, 0.2) is 0 Å². The summed E-state index contributed by atoms with van der Waals surface area (Å²) >= 11 is 0. The van der Waals surface area contributed by atoms with Gasteiger partial charge in [0.05, 0.1) is 88.9 Å². The molecular formula is C93H104F12N14O5. The van der Waals surface area contributed by atoms with Gasteiger partial charge in [-0.3, -0.25) is 24.2 Å². The molecule has 5 saturated heterocycles. The highest BCUT2D eigenvalue weighted by Crippen LogP contribution is 2.42. The third kappa shape index (κ3) is 23.0. The Kier molecular flexibility index (Phi) is 29.0. The van der Waals surface area contributed by atoms with Crippen molar-refractivity contribution in [1.29, 1.82) is 0 Å². The maximum Gasteiger partial charge on any atom is 0.417 e. The molecule has 7 heterocycles. The number of allylic oxidation sites excluding steroid dienone is 2. The first-order valence-electron chi connectivity index (χ1n) is 41.5. The maximum atomic E-state index is 15.2. The summed E-state index contributed by atoms with van der Waals surface area (Å²) in [5.74, 6) is -6.43. The fourth-order valence-corrected chi connectivity index (χ4v) is 16.1. The van der Waals surface area contributed by atoms with Crippen LogP contribution in [-0.2, 0) is 38.7 Å². The number of nitrogens with one attached hydrogen (secondary N) is 6. The number of morpholine rings is 1. The molecule has 0 aromatic heterocycles. The standard InChI is InChI=1S/C32H35F6N5O.C31H36F2N4O2.C30H33F4N5O2/c1-20-15-26(32(36,37)38)25(19-39-20)30(44)41-28-17-22(4-6-29(28)43-13-11-42(2)12-14-43)24-16-21(3-5-27(24)33)18-40-23-7-9-31(34,35)10-8-23;1-21-16-25(17-22(2)30(21)33)31(38)34-28-19-24(5-7-29(28)37-10-8-35(3)9-11-37)26-18-23(4-6-27(26)32)20-36-12-14-39-15-13-36;1-19-12-25(30(32,33)34)24(15-35-19)29(40)36-27-14-21(5-7-28(27)39-10-8-37(2)9-11-39)23-13-20(4-6-26(23)31)16-38(3)22-17-41-18-22/h3-6,15-17,19,23,39-40H,1,7-14,18H2,2H3,(H,41,44);4-7,16-19H,8-15,20H2,1-3H3,(H,34,38);4-7,12-15,22,35H,1,8-11,16-18H2,2-3H3,(H,36,40). The van der Waals surface area contributed by atoms with Crippen LogP contribution in [0.4, 0.5) is 86.8 Å². The van der Waals surface area contributed by atoms with Crippen LogP contribution in [0.3, 0.4) is 0 Å². The van der Waals surface area contributed by atoms with E-state index in [-0.39, 0.29) is 59.1 Å². The second-order valence-electron chi connectivity index (χ2n) is 32.9. The quantitative estimate of drug-likeness (QED) is 0.0399. The van der Waals surface area contributed by atoms with Crippen molar-refractivity contribution in [2.45, 2.75) is 89.5 Å². The molecule has 19 nitrogen and oxygen atoms in total. The average Bonchev–Trinajstić information content (AvgIpc) is 0.792. The van der Waals surface area contributed by atoms with E-state index in [2.05, 4.69) is 86.4 Å². The molecule has 7 aromatic carbocycles. The number of aryl methyl sites for hydroxylation is 2. The van der Waals surface area contributed by atoms with Crippen LogP contribution in [0.25, 0.3) is 33.4 Å². The number of piperazine rings is 3. The highest BCUT2D eigenvalue weighted by Gasteiger charge is 2.42. The van der Waals surface area contributed by atoms with E-state index in [0.29, 0.717) is 152 Å². The number of ether oxygens (including phenoxy) is 2. The summed E-state index contributed by atoms with van der Waals surface area (Å²) in [7, 11) is 8.08. The van der Waals surface area contributed by atoms with Crippen molar-refractivity contribution in [3.8, 4) is 33.4 Å². The highest BCUT2D eigenvalue weighted by molar-refractivity contribution is 6.11. The third-order valence-electron chi connectivity index (χ3n) is 23.6. The number of amides is 3. The maximum absolute atomic E-state index is 15.2. The zero-order valence-electron chi connectivity index (χ0n) is 70.3. The van der Waals surface area contributed by atoms with Gasteiger partial charge in [0, 0.05) is 176 Å². The Bertz CT molecular complexity index is 5200. The van der Waals surface area contributed by atoms with Gasteiger partial charge in [0.2, 0.25) is 5.92 Å². The summed E-state index contributed by atoms with van der Waals surface area (Å²) in [4.78, 5) is 57.3. The molecule has 6 fully saturated rings. The molecule has 0 atom stereocenters. The molecule has 660 valence electrons. The van der Waals surface area contributed by atoms with Crippen LogP contribution in [-0.4, -0.2) is 219 Å². The molecule has 7 aromatic rings. The first kappa shape index (κ1) is 90.9. The number of nitrogens with zero attached hydrogens (tertiary/aromatic N) is 8. The number of dihydropyridines is 2. The number of rotatable bonds is 20. The summed E-state index contributed by atoms with van der Waals surface area (Å²) in [6.45, 7) is 25.5. The van der Waals surface area contributed by atoms with Gasteiger partial charge in [-0.1, -0.05) is 49.6 Å². The predicted molar refractivity (Wildman–Crippen MR) is 461 cm³/mol. The molecule has 8 aliphatic rings. The number of likely N-dealkylation sites (N-methyl/N-ethyl adjacent to an activating group) is 4. The van der Waals surface area contributed by atoms with Crippen LogP contribution in [0.2, 0.25) is 0 Å². The SMILES string of the molecule is C=C1C=C(C(F)(F)F)C(C(=O)Nc2cc(-c3cc(CN(C)C4COC4)ccc3F)ccc2N2CCN(C)CC2)=CN1.C=C1C=C(C(F)(F)F)C(C(=O)Nc2cc(-c3cc(CNC4CCC(F)(F)CC4)ccc3F)ccc2N2CCN(C)CC2)=CN1.Cc1cc(C(=O)Nc2cc(-c3cc(CN4CCOCC4)ccc3F)ccc2N2CCN(C)CC2)cc(C)c1F. The second-order valence-corrected chi connectivity index (χ2v) is 32.9. The van der Waals surface area contributed by atoms with E-state index >= 15 is 13.2 Å². The van der Waals surface area contributed by atoms with E-state index in [0.717, 1.165) is 119 Å². The molecule has 1 saturated carbocycles. The summed E-state index contributed by atoms with van der Waals surface area (Å²) < 4.78 is 180. The lowest BCUT2D eigenvalue weighted by molar-refractivity contribution is -0.115. The molecule has 0 bridgehead atoms. The van der Waals surface area contributed by atoms with Crippen molar-refractivity contribution in [2.75, 3.05) is 177 Å². The van der Waals surface area contributed by atoms with Crippen molar-refractivity contribution in [1.82, 2.24) is 40.4 Å². The van der Waals surface area contributed by atoms with Crippen molar-refractivity contribution in [2.24, 2.45) is 0 Å². The molecule has 0 unspecified atom stereocenters. The molecule has 31 heteroatoms. The number of carbonyl (C=O) groups is 3. The summed E-state index contributed by atoms with van der Waals surface area (Å²) in [5.41, 5.74) is 6.57. The third-order valence-corrected chi connectivity index (χ3v) is 23.6. The van der Waals surface area contributed by atoms with Gasteiger partial charge in [-0.05, 0) is 196 Å². The summed E-state index contributed by atoms with van der Waals surface area (Å²) in [5, 5.41) is 16.9. The Labute approximate surface area is 714 Å². The lowest BCUT2D eigenvalue weighted by atomic mass is 9.92. The van der Waals surface area contributed by atoms with Crippen molar-refractivity contribution in [3.63, 3.8) is 0 Å². The lowest BCUT2D eigenvalue weighted by Gasteiger charge is -2.35. The number of benzene rings is 7. The van der Waals surface area contributed by atoms with Crippen LogP contribution in [0.1, 0.15) is 63.9 Å². The number of anilines is 6. The summed E-state index contributed by atoms with van der Waals surface area (Å²) in [6.07, 6.45) is -5.61.